The van der Waals surface area contributed by atoms with Crippen LogP contribution in [0.4, 0.5) is 0 Å². The first-order valence-corrected chi connectivity index (χ1v) is 8.53. The Morgan fingerprint density at radius 1 is 1.25 bits per heavy atom. The highest BCUT2D eigenvalue weighted by molar-refractivity contribution is 7.08. The summed E-state index contributed by atoms with van der Waals surface area (Å²) in [5, 5.41) is 8.20. The molecule has 2 aliphatic rings. The molecule has 0 radical (unpaired) electrons. The number of aryl methyl sites for hydroxylation is 1. The summed E-state index contributed by atoms with van der Waals surface area (Å²) in [5.41, 5.74) is 4.21. The Morgan fingerprint density at radius 2 is 2.20 bits per heavy atom. The fourth-order valence-electron chi connectivity index (χ4n) is 3.93. The normalized spacial score (nSPS) is 28.8. The van der Waals surface area contributed by atoms with Crippen molar-refractivity contribution in [3.05, 3.63) is 40.8 Å². The van der Waals surface area contributed by atoms with E-state index < -0.39 is 0 Å². The molecule has 2 nitrogen and oxygen atoms in total. The molecular formula is C17H21N2S+. The van der Waals surface area contributed by atoms with Crippen LogP contribution in [0.1, 0.15) is 37.2 Å². The third-order valence-electron chi connectivity index (χ3n) is 4.84. The molecule has 3 atom stereocenters. The van der Waals surface area contributed by atoms with Gasteiger partial charge in [0.1, 0.15) is 7.05 Å². The van der Waals surface area contributed by atoms with Gasteiger partial charge in [-0.25, -0.2) is 4.57 Å². The molecule has 2 fully saturated rings. The van der Waals surface area contributed by atoms with E-state index in [0.717, 1.165) is 6.04 Å². The standard InChI is InChI=1S/C17H21N2S/c1-19-9-13(12-5-6-20-11-12)7-14(10-19)16-8-15-3-2-4-17(16)18-15/h5-7,9-11,15-18H,2-4,8H2,1H3/q+1. The van der Waals surface area contributed by atoms with Crippen molar-refractivity contribution in [2.75, 3.05) is 0 Å². The molecule has 104 valence electrons. The Morgan fingerprint density at radius 3 is 3.00 bits per heavy atom. The Bertz CT molecular complexity index is 605. The van der Waals surface area contributed by atoms with E-state index in [1.54, 1.807) is 11.3 Å². The zero-order valence-electron chi connectivity index (χ0n) is 11.9. The summed E-state index contributed by atoms with van der Waals surface area (Å²) in [6, 6.07) is 6.09. The van der Waals surface area contributed by atoms with E-state index in [1.165, 1.54) is 42.4 Å². The Labute approximate surface area is 124 Å². The Balaban J connectivity index is 1.71. The summed E-state index contributed by atoms with van der Waals surface area (Å²) >= 11 is 1.77. The Hall–Kier alpha value is -1.19. The highest BCUT2D eigenvalue weighted by Gasteiger charge is 2.38. The van der Waals surface area contributed by atoms with E-state index in [2.05, 4.69) is 52.2 Å². The zero-order chi connectivity index (χ0) is 13.5. The maximum Gasteiger partial charge on any atom is 0.176 e. The number of pyridine rings is 1. The minimum Gasteiger partial charge on any atom is -0.311 e. The fourth-order valence-corrected chi connectivity index (χ4v) is 4.60. The van der Waals surface area contributed by atoms with Crippen molar-refractivity contribution in [3.63, 3.8) is 0 Å². The predicted octanol–water partition coefficient (Wildman–Crippen LogP) is 3.24. The monoisotopic (exact) mass is 285 g/mol. The van der Waals surface area contributed by atoms with Gasteiger partial charge in [-0.15, -0.1) is 0 Å². The maximum absolute atomic E-state index is 3.81. The smallest absolute Gasteiger partial charge is 0.176 e. The van der Waals surface area contributed by atoms with Gasteiger partial charge in [-0.3, -0.25) is 0 Å². The van der Waals surface area contributed by atoms with Gasteiger partial charge in [0.15, 0.2) is 12.4 Å². The van der Waals surface area contributed by atoms with Crippen LogP contribution in [0.25, 0.3) is 11.1 Å². The highest BCUT2D eigenvalue weighted by atomic mass is 32.1. The molecule has 0 aliphatic carbocycles. The van der Waals surface area contributed by atoms with E-state index >= 15 is 0 Å². The highest BCUT2D eigenvalue weighted by Crippen LogP contribution is 2.38. The lowest BCUT2D eigenvalue weighted by Crippen LogP contribution is -2.35. The zero-order valence-corrected chi connectivity index (χ0v) is 12.7. The lowest BCUT2D eigenvalue weighted by molar-refractivity contribution is -0.671. The lowest BCUT2D eigenvalue weighted by Gasteiger charge is -2.22. The number of fused-ring (bicyclic) bond motifs is 2. The summed E-state index contributed by atoms with van der Waals surface area (Å²) in [4.78, 5) is 0. The van der Waals surface area contributed by atoms with Gasteiger partial charge in [0.2, 0.25) is 0 Å². The number of piperidine rings is 1. The third kappa shape index (κ3) is 2.19. The van der Waals surface area contributed by atoms with Crippen molar-refractivity contribution in [2.24, 2.45) is 7.05 Å². The van der Waals surface area contributed by atoms with Crippen LogP contribution in [0.15, 0.2) is 35.3 Å². The van der Waals surface area contributed by atoms with Gasteiger partial charge in [-0.2, -0.15) is 11.3 Å². The quantitative estimate of drug-likeness (QED) is 0.838. The van der Waals surface area contributed by atoms with E-state index in [-0.39, 0.29) is 0 Å². The first-order chi connectivity index (χ1) is 9.79. The number of hydrogen-bond acceptors (Lipinski definition) is 2. The average Bonchev–Trinajstić information content (AvgIpc) is 3.07. The summed E-state index contributed by atoms with van der Waals surface area (Å²) in [6.45, 7) is 0. The van der Waals surface area contributed by atoms with Gasteiger partial charge in [0.25, 0.3) is 0 Å². The summed E-state index contributed by atoms with van der Waals surface area (Å²) in [6.07, 6.45) is 9.98. The number of aromatic nitrogens is 1. The fraction of sp³-hybridized carbons (Fsp3) is 0.471. The largest absolute Gasteiger partial charge is 0.311 e. The lowest BCUT2D eigenvalue weighted by atomic mass is 9.90. The van der Waals surface area contributed by atoms with Gasteiger partial charge in [-0.05, 0) is 47.7 Å². The topological polar surface area (TPSA) is 15.9 Å². The minimum absolute atomic E-state index is 0.700. The first-order valence-electron chi connectivity index (χ1n) is 7.58. The molecule has 1 N–H and O–H groups in total. The number of nitrogens with one attached hydrogen (secondary N) is 1. The summed E-state index contributed by atoms with van der Waals surface area (Å²) < 4.78 is 2.23. The SMILES string of the molecule is C[n+]1cc(-c2ccsc2)cc(C2CC3CCCC2N3)c1. The molecule has 3 heteroatoms. The van der Waals surface area contributed by atoms with Crippen LogP contribution in [-0.4, -0.2) is 12.1 Å². The number of thiophene rings is 1. The van der Waals surface area contributed by atoms with Crippen LogP contribution in [-0.2, 0) is 7.05 Å². The summed E-state index contributed by atoms with van der Waals surface area (Å²) in [7, 11) is 2.15. The van der Waals surface area contributed by atoms with Crippen molar-refractivity contribution < 1.29 is 4.57 Å². The second kappa shape index (κ2) is 4.97. The molecule has 4 heterocycles. The van der Waals surface area contributed by atoms with E-state index in [1.807, 2.05) is 0 Å². The maximum atomic E-state index is 3.81. The van der Waals surface area contributed by atoms with Crippen LogP contribution < -0.4 is 9.88 Å². The van der Waals surface area contributed by atoms with Gasteiger partial charge in [0.05, 0.1) is 0 Å². The van der Waals surface area contributed by atoms with Crippen molar-refractivity contribution in [2.45, 2.75) is 43.7 Å². The molecule has 0 aromatic carbocycles. The minimum atomic E-state index is 0.700. The van der Waals surface area contributed by atoms with Gasteiger partial charge < -0.3 is 5.32 Å². The number of rotatable bonds is 2. The molecule has 2 saturated heterocycles. The third-order valence-corrected chi connectivity index (χ3v) is 5.53. The van der Waals surface area contributed by atoms with Crippen LogP contribution >= 0.6 is 11.3 Å². The van der Waals surface area contributed by atoms with Crippen LogP contribution in [0, 0.1) is 0 Å². The molecule has 2 aromatic heterocycles. The predicted molar refractivity (Wildman–Crippen MR) is 82.9 cm³/mol. The summed E-state index contributed by atoms with van der Waals surface area (Å²) in [5.74, 6) is 0.701. The van der Waals surface area contributed by atoms with Gasteiger partial charge in [-0.1, -0.05) is 6.42 Å². The van der Waals surface area contributed by atoms with Crippen LogP contribution in [0.2, 0.25) is 0 Å². The second-order valence-corrected chi connectivity index (χ2v) is 7.06. The molecule has 0 saturated carbocycles. The van der Waals surface area contributed by atoms with Crippen molar-refractivity contribution in [1.82, 2.24) is 5.32 Å². The van der Waals surface area contributed by atoms with Gasteiger partial charge >= 0.3 is 0 Å². The molecule has 3 unspecified atom stereocenters. The van der Waals surface area contributed by atoms with Crippen LogP contribution in [0.5, 0.6) is 0 Å². The van der Waals surface area contributed by atoms with Gasteiger partial charge in [0, 0.05) is 29.1 Å². The molecule has 20 heavy (non-hydrogen) atoms. The molecule has 4 rings (SSSR count). The molecule has 2 aromatic rings. The van der Waals surface area contributed by atoms with Crippen LogP contribution in [0.3, 0.4) is 0 Å². The molecule has 2 aliphatic heterocycles. The number of nitrogens with zero attached hydrogens (tertiary/aromatic N) is 1. The van der Waals surface area contributed by atoms with E-state index in [0.29, 0.717) is 12.0 Å². The first kappa shape index (κ1) is 12.5. The molecular weight excluding hydrogens is 264 g/mol. The van der Waals surface area contributed by atoms with E-state index in [4.69, 9.17) is 0 Å². The molecule has 0 amide bonds. The molecule has 2 bridgehead atoms. The Kier molecular flexibility index (Phi) is 3.12. The van der Waals surface area contributed by atoms with Crippen molar-refractivity contribution in [3.8, 4) is 11.1 Å². The second-order valence-electron chi connectivity index (χ2n) is 6.28. The van der Waals surface area contributed by atoms with Crippen molar-refractivity contribution in [1.29, 1.82) is 0 Å². The average molecular weight is 285 g/mol. The van der Waals surface area contributed by atoms with E-state index in [9.17, 15) is 0 Å². The van der Waals surface area contributed by atoms with Crippen molar-refractivity contribution >= 4 is 11.3 Å². The number of hydrogen-bond donors (Lipinski definition) is 1. The molecule has 0 spiro atoms.